The fourth-order valence-corrected chi connectivity index (χ4v) is 3.01. The molecule has 0 heterocycles. The molecule has 2 aromatic rings. The smallest absolute Gasteiger partial charge is 0.405 e. The number of hydrogen-bond acceptors (Lipinski definition) is 1. The second kappa shape index (κ2) is 5.75. The van der Waals surface area contributed by atoms with Crippen molar-refractivity contribution >= 4 is 6.09 Å². The van der Waals surface area contributed by atoms with Crippen LogP contribution in [-0.2, 0) is 6.42 Å². The Morgan fingerprint density at radius 3 is 2.50 bits per heavy atom. The minimum atomic E-state index is -1.05. The van der Waals surface area contributed by atoms with Gasteiger partial charge >= 0.3 is 6.09 Å². The first-order valence-electron chi connectivity index (χ1n) is 7.11. The maximum atomic E-state index is 13.3. The van der Waals surface area contributed by atoms with Crippen molar-refractivity contribution in [2.45, 2.75) is 25.3 Å². The normalized spacial score (nSPS) is 16.9. The molecule has 0 radical (unpaired) electrons. The Bertz CT molecular complexity index is 710. The van der Waals surface area contributed by atoms with Gasteiger partial charge in [0.1, 0.15) is 11.6 Å². The number of aryl methyl sites for hydroxylation is 1. The van der Waals surface area contributed by atoms with Crippen molar-refractivity contribution in [2.75, 3.05) is 0 Å². The number of halogens is 2. The fourth-order valence-electron chi connectivity index (χ4n) is 3.01. The van der Waals surface area contributed by atoms with Crippen LogP contribution in [0.5, 0.6) is 0 Å². The Kier molecular flexibility index (Phi) is 3.79. The van der Waals surface area contributed by atoms with Crippen molar-refractivity contribution in [1.29, 1.82) is 0 Å². The van der Waals surface area contributed by atoms with E-state index in [9.17, 15) is 13.6 Å². The van der Waals surface area contributed by atoms with E-state index in [0.717, 1.165) is 42.0 Å². The van der Waals surface area contributed by atoms with Crippen molar-refractivity contribution < 1.29 is 18.7 Å². The van der Waals surface area contributed by atoms with Crippen molar-refractivity contribution in [3.05, 3.63) is 59.2 Å². The lowest BCUT2D eigenvalue weighted by molar-refractivity contribution is 0.188. The molecule has 1 aliphatic rings. The molecule has 2 aromatic carbocycles. The predicted molar refractivity (Wildman–Crippen MR) is 78.6 cm³/mol. The molecule has 0 bridgehead atoms. The van der Waals surface area contributed by atoms with E-state index < -0.39 is 17.7 Å². The summed E-state index contributed by atoms with van der Waals surface area (Å²) in [5, 5.41) is 11.4. The van der Waals surface area contributed by atoms with Crippen molar-refractivity contribution in [3.8, 4) is 11.1 Å². The van der Waals surface area contributed by atoms with E-state index in [1.807, 2.05) is 12.1 Å². The Hall–Kier alpha value is -2.43. The van der Waals surface area contributed by atoms with Crippen LogP contribution in [0.25, 0.3) is 11.1 Å². The molecule has 0 aliphatic heterocycles. The number of fused-ring (bicyclic) bond motifs is 1. The van der Waals surface area contributed by atoms with Gasteiger partial charge in [0.15, 0.2) is 0 Å². The molecular formula is C17H15F2NO2. The van der Waals surface area contributed by atoms with E-state index in [4.69, 9.17) is 5.11 Å². The van der Waals surface area contributed by atoms with Crippen LogP contribution in [0.15, 0.2) is 36.4 Å². The van der Waals surface area contributed by atoms with Gasteiger partial charge in [0, 0.05) is 6.07 Å². The fraction of sp³-hybridized carbons (Fsp3) is 0.235. The number of carbonyl (C=O) groups is 1. The molecule has 5 heteroatoms. The van der Waals surface area contributed by atoms with Crippen LogP contribution >= 0.6 is 0 Å². The van der Waals surface area contributed by atoms with Gasteiger partial charge in [-0.2, -0.15) is 0 Å². The molecule has 0 saturated heterocycles. The Balaban J connectivity index is 1.98. The molecule has 1 atom stereocenters. The van der Waals surface area contributed by atoms with Crippen LogP contribution in [0.4, 0.5) is 13.6 Å². The van der Waals surface area contributed by atoms with Gasteiger partial charge < -0.3 is 10.4 Å². The van der Waals surface area contributed by atoms with E-state index >= 15 is 0 Å². The predicted octanol–water partition coefficient (Wildman–Crippen LogP) is 4.28. The molecule has 3 rings (SSSR count). The number of nitrogens with one attached hydrogen (secondary N) is 1. The number of hydrogen-bond donors (Lipinski definition) is 2. The highest BCUT2D eigenvalue weighted by Crippen LogP contribution is 2.33. The molecule has 0 spiro atoms. The summed E-state index contributed by atoms with van der Waals surface area (Å²) in [6, 6.07) is 8.71. The van der Waals surface area contributed by atoms with Crippen molar-refractivity contribution in [2.24, 2.45) is 0 Å². The molecule has 1 amide bonds. The minimum Gasteiger partial charge on any atom is -0.465 e. The van der Waals surface area contributed by atoms with Gasteiger partial charge in [0.2, 0.25) is 0 Å². The van der Waals surface area contributed by atoms with E-state index in [1.54, 1.807) is 6.07 Å². The average molecular weight is 303 g/mol. The van der Waals surface area contributed by atoms with E-state index in [0.29, 0.717) is 5.56 Å². The summed E-state index contributed by atoms with van der Waals surface area (Å²) in [6.07, 6.45) is 1.42. The number of carboxylic acid groups (broad SMARTS) is 1. The van der Waals surface area contributed by atoms with Gasteiger partial charge in [-0.25, -0.2) is 13.6 Å². The van der Waals surface area contributed by atoms with Gasteiger partial charge in [-0.1, -0.05) is 18.2 Å². The maximum Gasteiger partial charge on any atom is 0.405 e. The topological polar surface area (TPSA) is 49.3 Å². The molecule has 3 nitrogen and oxygen atoms in total. The lowest BCUT2D eigenvalue weighted by Crippen LogP contribution is -2.29. The highest BCUT2D eigenvalue weighted by atomic mass is 19.1. The van der Waals surface area contributed by atoms with Gasteiger partial charge in [0.05, 0.1) is 6.04 Å². The molecular weight excluding hydrogens is 288 g/mol. The first-order chi connectivity index (χ1) is 10.5. The minimum absolute atomic E-state index is 0.223. The number of rotatable bonds is 2. The molecule has 0 aromatic heterocycles. The summed E-state index contributed by atoms with van der Waals surface area (Å²) in [5.41, 5.74) is 3.17. The summed E-state index contributed by atoms with van der Waals surface area (Å²) in [7, 11) is 0. The van der Waals surface area contributed by atoms with Crippen molar-refractivity contribution in [3.63, 3.8) is 0 Å². The monoisotopic (exact) mass is 303 g/mol. The standard InChI is InChI=1S/C17H15F2NO2/c18-13-7-12(8-14(19)9-13)10-4-5-15-11(6-10)2-1-3-16(15)20-17(21)22/h4-9,16,20H,1-3H2,(H,21,22). The third kappa shape index (κ3) is 2.93. The van der Waals surface area contributed by atoms with Crippen LogP contribution in [-0.4, -0.2) is 11.2 Å². The van der Waals surface area contributed by atoms with Crippen LogP contribution in [0.2, 0.25) is 0 Å². The number of amides is 1. The zero-order valence-corrected chi connectivity index (χ0v) is 11.8. The average Bonchev–Trinajstić information content (AvgIpc) is 2.45. The summed E-state index contributed by atoms with van der Waals surface area (Å²) < 4.78 is 26.7. The third-order valence-corrected chi connectivity index (χ3v) is 3.95. The summed E-state index contributed by atoms with van der Waals surface area (Å²) in [6.45, 7) is 0. The zero-order valence-electron chi connectivity index (χ0n) is 11.8. The molecule has 1 unspecified atom stereocenters. The highest BCUT2D eigenvalue weighted by molar-refractivity contribution is 5.67. The lowest BCUT2D eigenvalue weighted by atomic mass is 9.86. The summed E-state index contributed by atoms with van der Waals surface area (Å²) in [4.78, 5) is 10.8. The quantitative estimate of drug-likeness (QED) is 0.870. The van der Waals surface area contributed by atoms with E-state index in [1.165, 1.54) is 12.1 Å². The molecule has 114 valence electrons. The SMILES string of the molecule is O=C(O)NC1CCCc2cc(-c3cc(F)cc(F)c3)ccc21. The number of benzene rings is 2. The van der Waals surface area contributed by atoms with Gasteiger partial charge in [-0.05, 0) is 53.6 Å². The molecule has 0 fully saturated rings. The molecule has 1 aliphatic carbocycles. The zero-order chi connectivity index (χ0) is 15.7. The van der Waals surface area contributed by atoms with Gasteiger partial charge in [0.25, 0.3) is 0 Å². The highest BCUT2D eigenvalue weighted by Gasteiger charge is 2.22. The summed E-state index contributed by atoms with van der Waals surface area (Å²) in [5.74, 6) is -1.23. The van der Waals surface area contributed by atoms with Gasteiger partial charge in [-0.15, -0.1) is 0 Å². The Labute approximate surface area is 126 Å². The van der Waals surface area contributed by atoms with Gasteiger partial charge in [-0.3, -0.25) is 0 Å². The van der Waals surface area contributed by atoms with E-state index in [2.05, 4.69) is 5.32 Å². The van der Waals surface area contributed by atoms with Crippen LogP contribution in [0.1, 0.15) is 30.0 Å². The molecule has 22 heavy (non-hydrogen) atoms. The lowest BCUT2D eigenvalue weighted by Gasteiger charge is -2.26. The Morgan fingerprint density at radius 1 is 1.09 bits per heavy atom. The van der Waals surface area contributed by atoms with E-state index in [-0.39, 0.29) is 6.04 Å². The van der Waals surface area contributed by atoms with Crippen LogP contribution in [0.3, 0.4) is 0 Å². The van der Waals surface area contributed by atoms with Crippen LogP contribution in [0, 0.1) is 11.6 Å². The molecule has 0 saturated carbocycles. The first kappa shape index (κ1) is 14.5. The summed E-state index contributed by atoms with van der Waals surface area (Å²) >= 11 is 0. The third-order valence-electron chi connectivity index (χ3n) is 3.95. The second-order valence-electron chi connectivity index (χ2n) is 5.47. The van der Waals surface area contributed by atoms with Crippen LogP contribution < -0.4 is 5.32 Å². The first-order valence-corrected chi connectivity index (χ1v) is 7.11. The van der Waals surface area contributed by atoms with Crippen molar-refractivity contribution in [1.82, 2.24) is 5.32 Å². The second-order valence-corrected chi connectivity index (χ2v) is 5.47. The largest absolute Gasteiger partial charge is 0.465 e. The Morgan fingerprint density at radius 2 is 1.82 bits per heavy atom. The maximum absolute atomic E-state index is 13.3. The molecule has 2 N–H and O–H groups in total.